The van der Waals surface area contributed by atoms with Crippen molar-refractivity contribution in [2.75, 3.05) is 44.9 Å². The highest BCUT2D eigenvalue weighted by molar-refractivity contribution is 7.54. The lowest BCUT2D eigenvalue weighted by Gasteiger charge is -2.31. The van der Waals surface area contributed by atoms with E-state index in [2.05, 4.69) is 28.1 Å². The summed E-state index contributed by atoms with van der Waals surface area (Å²) in [5, 5.41) is 8.21. The molecule has 3 aliphatic heterocycles. The smallest absolute Gasteiger partial charge is 0.410 e. The molecule has 5 aromatic rings. The number of hydrogen-bond acceptors (Lipinski definition) is 17. The van der Waals surface area contributed by atoms with Crippen LogP contribution in [0.15, 0.2) is 95.8 Å². The van der Waals surface area contributed by atoms with Crippen molar-refractivity contribution in [3.05, 3.63) is 140 Å². The van der Waals surface area contributed by atoms with Crippen LogP contribution in [0.25, 0.3) is 16.6 Å². The van der Waals surface area contributed by atoms with Gasteiger partial charge in [-0.05, 0) is 171 Å². The van der Waals surface area contributed by atoms with Gasteiger partial charge in [0, 0.05) is 64.4 Å². The zero-order chi connectivity index (χ0) is 74.1. The maximum atomic E-state index is 16.3. The summed E-state index contributed by atoms with van der Waals surface area (Å²) in [6, 6.07) is 20.4. The number of esters is 2. The predicted octanol–water partition coefficient (Wildman–Crippen LogP) is 10.4. The molecule has 554 valence electrons. The van der Waals surface area contributed by atoms with E-state index in [1.54, 1.807) is 25.5 Å². The quantitative estimate of drug-likeness (QED) is 0.00717. The van der Waals surface area contributed by atoms with Gasteiger partial charge in [0.2, 0.25) is 49.0 Å². The Kier molecular flexibility index (Phi) is 27.9. The van der Waals surface area contributed by atoms with E-state index in [1.165, 1.54) is 69.2 Å². The lowest BCUT2D eigenvalue weighted by molar-refractivity contribution is -0.163. The second-order valence-electron chi connectivity index (χ2n) is 28.4. The van der Waals surface area contributed by atoms with Crippen molar-refractivity contribution in [2.45, 2.75) is 201 Å². The Morgan fingerprint density at radius 2 is 1.30 bits per heavy atom. The van der Waals surface area contributed by atoms with Gasteiger partial charge in [0.05, 0.1) is 46.3 Å². The van der Waals surface area contributed by atoms with Crippen LogP contribution < -0.4 is 32.3 Å². The van der Waals surface area contributed by atoms with E-state index in [0.717, 1.165) is 103 Å². The molecule has 1 aromatic heterocycles. The molecule has 4 aromatic carbocycles. The molecule has 0 bridgehead atoms. The fraction of sp³-hybridized carbons (Fsp3) is 0.533. The molecule has 8 rings (SSSR count). The van der Waals surface area contributed by atoms with Crippen molar-refractivity contribution in [1.82, 2.24) is 25.1 Å². The van der Waals surface area contributed by atoms with Crippen molar-refractivity contribution in [1.29, 1.82) is 0 Å². The zero-order valence-electron chi connectivity index (χ0n) is 59.9. The molecule has 102 heavy (non-hydrogen) atoms. The first-order valence-electron chi connectivity index (χ1n) is 35.0. The summed E-state index contributed by atoms with van der Waals surface area (Å²) in [5.74, 6) is -4.69. The Bertz CT molecular complexity index is 3920. The second-order valence-corrected chi connectivity index (χ2v) is 30.5. The molecule has 1 saturated heterocycles. The third-order valence-corrected chi connectivity index (χ3v) is 20.2. The molecule has 24 nitrogen and oxygen atoms in total. The fourth-order valence-electron chi connectivity index (χ4n) is 12.3. The minimum atomic E-state index is -5.60. The van der Waals surface area contributed by atoms with E-state index in [0.29, 0.717) is 61.6 Å². The van der Waals surface area contributed by atoms with Crippen LogP contribution in [0.4, 0.5) is 14.5 Å². The van der Waals surface area contributed by atoms with E-state index in [9.17, 15) is 47.7 Å². The van der Waals surface area contributed by atoms with Crippen molar-refractivity contribution in [3.8, 4) is 0 Å². The van der Waals surface area contributed by atoms with Crippen LogP contribution in [0.1, 0.15) is 177 Å². The molecular formula is C75H98F2N7O17P. The lowest BCUT2D eigenvalue weighted by Crippen LogP contribution is -2.56. The number of carbonyl (C=O) groups excluding carboxylic acids is 8. The third kappa shape index (κ3) is 21.0. The highest BCUT2D eigenvalue weighted by atomic mass is 31.2. The molecule has 1 unspecified atom stereocenters. The number of para-hydroxylation sites is 1. The normalized spacial score (nSPS) is 17.2. The standard InChI is InChI=1S/C75H98F2N7O17P/c1-48(53-27-30-56(31-28-53)75(76,77)102(94,100-46-98-70(91)73(3,4)5)101-47-99-71(92)74(6,7)8)42-65(87)79-58-32-29-54-20-15-21-55-44-62(84(66(54)55)69(58)90)68(89)80-57(33-36-63(78)85)49(2)97-45-52-24-22-50(23-25-52)18-16-40-95-38-13-11-10-12-14-39-96-41-17-19-51-26-34-59-61(43-51)82(9)72(93)83(59)60-35-37-64(86)81-67(60)88/h15,20-28,30-31,34,42-43,49,57-58,60,62H,10-14,16-19,29,32-33,35-41,44-47H2,1-9H3,(H2,78,85)(H,79,87)(H,80,89)(H,81,86,88)/b48-42+/t49-,57+,58+,60?,62+/m1/s1. The van der Waals surface area contributed by atoms with E-state index in [1.807, 2.05) is 48.5 Å². The topological polar surface area (TPSA) is 311 Å². The fourth-order valence-corrected chi connectivity index (χ4v) is 13.6. The second kappa shape index (κ2) is 35.8. The number of amides is 6. The first kappa shape index (κ1) is 79.4. The molecule has 0 aliphatic carbocycles. The average Bonchev–Trinajstić information content (AvgIpc) is 1.57. The Morgan fingerprint density at radius 3 is 1.91 bits per heavy atom. The average molecular weight is 1440 g/mol. The number of aryl methyl sites for hydroxylation is 4. The number of benzene rings is 4. The van der Waals surface area contributed by atoms with Gasteiger partial charge < -0.3 is 40.1 Å². The molecule has 0 saturated carbocycles. The number of nitrogens with zero attached hydrogens (tertiary/aromatic N) is 3. The molecule has 0 spiro atoms. The Balaban J connectivity index is 0.748. The van der Waals surface area contributed by atoms with Gasteiger partial charge in [0.15, 0.2) is 0 Å². The van der Waals surface area contributed by atoms with Crippen LogP contribution in [0.2, 0.25) is 0 Å². The van der Waals surface area contributed by atoms with Gasteiger partial charge in [-0.2, -0.15) is 8.78 Å². The monoisotopic (exact) mass is 1440 g/mol. The largest absolute Gasteiger partial charge is 0.438 e. The minimum Gasteiger partial charge on any atom is -0.438 e. The van der Waals surface area contributed by atoms with Gasteiger partial charge in [-0.1, -0.05) is 92.1 Å². The van der Waals surface area contributed by atoms with E-state index < -0.39 is 115 Å². The number of rotatable bonds is 37. The molecule has 27 heteroatoms. The highest BCUT2D eigenvalue weighted by Crippen LogP contribution is 2.67. The Labute approximate surface area is 593 Å². The number of piperidine rings is 1. The number of imidazole rings is 1. The number of carbonyl (C=O) groups is 8. The van der Waals surface area contributed by atoms with Crippen LogP contribution in [0, 0.1) is 10.8 Å². The zero-order valence-corrected chi connectivity index (χ0v) is 60.8. The van der Waals surface area contributed by atoms with Crippen molar-refractivity contribution >= 4 is 77.3 Å². The maximum absolute atomic E-state index is 16.3. The molecule has 1 fully saturated rings. The molecule has 0 radical (unpaired) electrons. The number of anilines is 1. The van der Waals surface area contributed by atoms with Gasteiger partial charge in [0.1, 0.15) is 18.1 Å². The van der Waals surface area contributed by atoms with Gasteiger partial charge in [-0.15, -0.1) is 0 Å². The molecule has 3 aliphatic rings. The third-order valence-electron chi connectivity index (χ3n) is 18.3. The number of primary amides is 1. The minimum absolute atomic E-state index is 0.0446. The van der Waals surface area contributed by atoms with Gasteiger partial charge in [-0.25, -0.2) is 4.79 Å². The molecule has 6 amide bonds. The number of allylic oxidation sites excluding steroid dienone is 1. The number of aromatic nitrogens is 2. The SMILES string of the molecule is C/C(=C\C(=O)N[C@H]1CCc2cccc3c2N(C1=O)[C@H](C(=O)N[C@@H](CCC(N)=O)[C@@H](C)OCc1ccc(CCCOCCCCCCCOCCCc2ccc4c(c2)n(C)c(=O)n4C2CCC(=O)NC2=O)cc1)C3)c1ccc(C(F)(F)P(=O)(OCOC(=O)C(C)(C)C)OCOC(=O)C(C)(C)C)cc1. The van der Waals surface area contributed by atoms with Crippen molar-refractivity contribution in [3.63, 3.8) is 0 Å². The number of unbranched alkanes of at least 4 members (excludes halogenated alkanes) is 4. The molecule has 5 N–H and O–H groups in total. The van der Waals surface area contributed by atoms with E-state index in [4.69, 9.17) is 38.5 Å². The van der Waals surface area contributed by atoms with E-state index in [-0.39, 0.29) is 50.3 Å². The molecule has 4 heterocycles. The Morgan fingerprint density at radius 1 is 0.725 bits per heavy atom. The highest BCUT2D eigenvalue weighted by Gasteiger charge is 2.56. The summed E-state index contributed by atoms with van der Waals surface area (Å²) in [5.41, 5.74) is 5.34. The number of nitrogens with one attached hydrogen (secondary N) is 3. The first-order chi connectivity index (χ1) is 48.4. The number of halogens is 2. The van der Waals surface area contributed by atoms with Crippen molar-refractivity contribution < 1.29 is 84.4 Å². The summed E-state index contributed by atoms with van der Waals surface area (Å²) in [7, 11) is -3.91. The maximum Gasteiger partial charge on any atom is 0.410 e. The number of fused-ring (bicyclic) bond motifs is 1. The lowest BCUT2D eigenvalue weighted by atomic mass is 9.98. The number of hydrogen-bond donors (Lipinski definition) is 4. The number of nitrogens with two attached hydrogens (primary N) is 1. The van der Waals surface area contributed by atoms with Crippen LogP contribution in [0.3, 0.4) is 0 Å². The van der Waals surface area contributed by atoms with E-state index >= 15 is 8.78 Å². The summed E-state index contributed by atoms with van der Waals surface area (Å²) in [4.78, 5) is 119. The van der Waals surface area contributed by atoms with Gasteiger partial charge in [-0.3, -0.25) is 71.3 Å². The summed E-state index contributed by atoms with van der Waals surface area (Å²) in [6.45, 7) is 13.0. The first-order valence-corrected chi connectivity index (χ1v) is 36.5. The number of imide groups is 1. The summed E-state index contributed by atoms with van der Waals surface area (Å²) in [6.07, 6.45) is 10.5. The summed E-state index contributed by atoms with van der Waals surface area (Å²) < 4.78 is 87.5. The molecule has 5 atom stereocenters. The van der Waals surface area contributed by atoms with Crippen LogP contribution in [0.5, 0.6) is 0 Å². The van der Waals surface area contributed by atoms with Crippen LogP contribution >= 0.6 is 7.60 Å². The number of ether oxygens (including phenoxy) is 5. The Hall–Kier alpha value is -8.26. The van der Waals surface area contributed by atoms with Gasteiger partial charge in [0.25, 0.3) is 0 Å². The van der Waals surface area contributed by atoms with Crippen LogP contribution in [-0.2, 0) is 121 Å². The van der Waals surface area contributed by atoms with Crippen molar-refractivity contribution in [2.24, 2.45) is 23.6 Å². The predicted molar refractivity (Wildman–Crippen MR) is 377 cm³/mol. The van der Waals surface area contributed by atoms with Gasteiger partial charge >= 0.3 is 30.9 Å². The number of alkyl halides is 2. The molecular weight excluding hydrogens is 1340 g/mol. The summed E-state index contributed by atoms with van der Waals surface area (Å²) >= 11 is 0. The van der Waals surface area contributed by atoms with Crippen LogP contribution in [-0.4, -0.2) is 121 Å².